The number of thioether (sulfide) groups is 1. The van der Waals surface area contributed by atoms with E-state index in [9.17, 15) is 13.2 Å². The molecule has 0 atom stereocenters. The summed E-state index contributed by atoms with van der Waals surface area (Å²) in [6.07, 6.45) is 1.37. The molecule has 1 aromatic heterocycles. The molecule has 0 unspecified atom stereocenters. The Morgan fingerprint density at radius 3 is 2.44 bits per heavy atom. The first-order valence-corrected chi connectivity index (χ1v) is 11.0. The van der Waals surface area contributed by atoms with E-state index in [2.05, 4.69) is 15.2 Å². The van der Waals surface area contributed by atoms with Gasteiger partial charge in [0.05, 0.1) is 10.8 Å². The summed E-state index contributed by atoms with van der Waals surface area (Å²) in [4.78, 5) is 18.5. The Labute approximate surface area is 163 Å². The number of nitrogens with one attached hydrogen (secondary N) is 1. The number of carbonyl (C=O) groups is 1. The molecule has 7 nitrogen and oxygen atoms in total. The zero-order valence-corrected chi connectivity index (χ0v) is 16.7. The van der Waals surface area contributed by atoms with Crippen LogP contribution in [-0.4, -0.2) is 67.5 Å². The lowest BCUT2D eigenvalue weighted by atomic mass is 10.3. The van der Waals surface area contributed by atoms with Crippen LogP contribution in [0.15, 0.2) is 58.6 Å². The molecule has 0 spiro atoms. The van der Waals surface area contributed by atoms with Gasteiger partial charge in [-0.1, -0.05) is 30.0 Å². The number of nitrogens with zero attached hydrogens (tertiary/aromatic N) is 3. The Bertz CT molecular complexity index is 865. The first-order valence-electron chi connectivity index (χ1n) is 8.57. The molecule has 0 aliphatic carbocycles. The second-order valence-corrected chi connectivity index (χ2v) is 9.18. The first-order chi connectivity index (χ1) is 12.9. The second kappa shape index (κ2) is 8.83. The lowest BCUT2D eigenvalue weighted by Crippen LogP contribution is -2.47. The molecule has 9 heteroatoms. The summed E-state index contributed by atoms with van der Waals surface area (Å²) in [6.45, 7) is 2.40. The number of sulfonamides is 1. The van der Waals surface area contributed by atoms with Gasteiger partial charge in [-0.05, 0) is 31.3 Å². The van der Waals surface area contributed by atoms with Crippen LogP contribution in [0.25, 0.3) is 0 Å². The molecule has 1 fully saturated rings. The Hall–Kier alpha value is -1.94. The minimum absolute atomic E-state index is 0.137. The topological polar surface area (TPSA) is 82.6 Å². The van der Waals surface area contributed by atoms with Crippen LogP contribution in [0.2, 0.25) is 0 Å². The van der Waals surface area contributed by atoms with Gasteiger partial charge in [0.25, 0.3) is 0 Å². The summed E-state index contributed by atoms with van der Waals surface area (Å²) >= 11 is 1.26. The predicted octanol–water partition coefficient (Wildman–Crippen LogP) is 1.75. The number of anilines is 1. The summed E-state index contributed by atoms with van der Waals surface area (Å²) in [5.74, 6) is 0.0639. The maximum atomic E-state index is 12.7. The Balaban J connectivity index is 1.56. The molecule has 1 N–H and O–H groups in total. The monoisotopic (exact) mass is 406 g/mol. The molecule has 0 bridgehead atoms. The van der Waals surface area contributed by atoms with Crippen LogP contribution in [0.1, 0.15) is 0 Å². The fourth-order valence-electron chi connectivity index (χ4n) is 2.64. The highest BCUT2D eigenvalue weighted by molar-refractivity contribution is 7.99. The average molecular weight is 407 g/mol. The number of hydrogen-bond acceptors (Lipinski definition) is 6. The van der Waals surface area contributed by atoms with Gasteiger partial charge in [0.2, 0.25) is 15.9 Å². The molecule has 0 radical (unpaired) electrons. The number of piperazine rings is 1. The van der Waals surface area contributed by atoms with Crippen molar-refractivity contribution in [2.24, 2.45) is 0 Å². The molecular weight excluding hydrogens is 384 g/mol. The highest BCUT2D eigenvalue weighted by atomic mass is 32.2. The molecule has 1 aromatic carbocycles. The zero-order valence-electron chi connectivity index (χ0n) is 15.0. The van der Waals surface area contributed by atoms with E-state index < -0.39 is 10.0 Å². The Kier molecular flexibility index (Phi) is 6.48. The standard InChI is InChI=1S/C18H22N4O3S2/c1-21-9-11-22(12-10-21)27(24,25)16-7-8-18(19-13-16)26-14-17(23)20-15-5-3-2-4-6-15/h2-8,13H,9-12,14H2,1H3,(H,20,23). The number of amides is 1. The summed E-state index contributed by atoms with van der Waals surface area (Å²) in [5, 5.41) is 3.41. The van der Waals surface area contributed by atoms with Crippen LogP contribution in [-0.2, 0) is 14.8 Å². The van der Waals surface area contributed by atoms with Crippen LogP contribution in [0.5, 0.6) is 0 Å². The van der Waals surface area contributed by atoms with Gasteiger partial charge >= 0.3 is 0 Å². The van der Waals surface area contributed by atoms with Crippen molar-refractivity contribution in [1.82, 2.24) is 14.2 Å². The number of carbonyl (C=O) groups excluding carboxylic acids is 1. The highest BCUT2D eigenvalue weighted by Crippen LogP contribution is 2.21. The summed E-state index contributed by atoms with van der Waals surface area (Å²) in [7, 11) is -1.54. The molecule has 3 rings (SSSR count). The minimum atomic E-state index is -3.52. The fourth-order valence-corrected chi connectivity index (χ4v) is 4.65. The van der Waals surface area contributed by atoms with Gasteiger partial charge in [0, 0.05) is 38.1 Å². The van der Waals surface area contributed by atoms with E-state index in [0.717, 1.165) is 18.8 Å². The first kappa shape index (κ1) is 19.8. The lowest BCUT2D eigenvalue weighted by Gasteiger charge is -2.31. The van der Waals surface area contributed by atoms with E-state index >= 15 is 0 Å². The van der Waals surface area contributed by atoms with Gasteiger partial charge in [0.1, 0.15) is 4.90 Å². The van der Waals surface area contributed by atoms with Crippen LogP contribution in [0.3, 0.4) is 0 Å². The van der Waals surface area contributed by atoms with Gasteiger partial charge < -0.3 is 10.2 Å². The minimum Gasteiger partial charge on any atom is -0.325 e. The van der Waals surface area contributed by atoms with E-state index in [4.69, 9.17) is 0 Å². The summed E-state index contributed by atoms with van der Waals surface area (Å²) < 4.78 is 26.8. The molecule has 144 valence electrons. The molecular formula is C18H22N4O3S2. The third kappa shape index (κ3) is 5.29. The van der Waals surface area contributed by atoms with Crippen LogP contribution in [0, 0.1) is 0 Å². The number of benzene rings is 1. The van der Waals surface area contributed by atoms with Gasteiger partial charge in [-0.25, -0.2) is 13.4 Å². The number of aromatic nitrogens is 1. The maximum absolute atomic E-state index is 12.7. The second-order valence-electron chi connectivity index (χ2n) is 6.24. The molecule has 1 aliphatic heterocycles. The normalized spacial score (nSPS) is 16.2. The number of hydrogen-bond donors (Lipinski definition) is 1. The molecule has 0 saturated carbocycles. The van der Waals surface area contributed by atoms with Crippen LogP contribution < -0.4 is 5.32 Å². The van der Waals surface area contributed by atoms with Crippen LogP contribution in [0.4, 0.5) is 5.69 Å². The zero-order chi connectivity index (χ0) is 19.3. The van der Waals surface area contributed by atoms with E-state index in [1.54, 1.807) is 12.1 Å². The third-order valence-corrected chi connectivity index (χ3v) is 7.04. The predicted molar refractivity (Wildman–Crippen MR) is 106 cm³/mol. The fraction of sp³-hybridized carbons (Fsp3) is 0.333. The highest BCUT2D eigenvalue weighted by Gasteiger charge is 2.27. The van der Waals surface area contributed by atoms with Crippen molar-refractivity contribution in [3.05, 3.63) is 48.7 Å². The van der Waals surface area contributed by atoms with Crippen molar-refractivity contribution >= 4 is 33.4 Å². The van der Waals surface area contributed by atoms with Crippen molar-refractivity contribution in [2.45, 2.75) is 9.92 Å². The van der Waals surface area contributed by atoms with Crippen molar-refractivity contribution in [3.63, 3.8) is 0 Å². The average Bonchev–Trinajstić information content (AvgIpc) is 2.68. The summed E-state index contributed by atoms with van der Waals surface area (Å²) in [6, 6.07) is 12.4. The molecule has 27 heavy (non-hydrogen) atoms. The largest absolute Gasteiger partial charge is 0.325 e. The van der Waals surface area contributed by atoms with Crippen molar-refractivity contribution in [2.75, 3.05) is 44.3 Å². The summed E-state index contributed by atoms with van der Waals surface area (Å²) in [5.41, 5.74) is 0.740. The van der Waals surface area contributed by atoms with E-state index in [1.807, 2.05) is 37.4 Å². The molecule has 2 heterocycles. The van der Waals surface area contributed by atoms with Crippen molar-refractivity contribution in [3.8, 4) is 0 Å². The maximum Gasteiger partial charge on any atom is 0.244 e. The van der Waals surface area contributed by atoms with Gasteiger partial charge in [-0.15, -0.1) is 0 Å². The molecule has 1 aliphatic rings. The SMILES string of the molecule is CN1CCN(S(=O)(=O)c2ccc(SCC(=O)Nc3ccccc3)nc2)CC1. The number of rotatable bonds is 6. The Morgan fingerprint density at radius 1 is 1.11 bits per heavy atom. The van der Waals surface area contributed by atoms with E-state index in [0.29, 0.717) is 18.1 Å². The number of likely N-dealkylation sites (N-methyl/N-ethyl adjacent to an activating group) is 1. The van der Waals surface area contributed by atoms with E-state index in [1.165, 1.54) is 22.3 Å². The van der Waals surface area contributed by atoms with Gasteiger partial charge in [0.15, 0.2) is 0 Å². The molecule has 2 aromatic rings. The van der Waals surface area contributed by atoms with Gasteiger partial charge in [-0.3, -0.25) is 4.79 Å². The molecule has 1 saturated heterocycles. The van der Waals surface area contributed by atoms with E-state index in [-0.39, 0.29) is 16.6 Å². The smallest absolute Gasteiger partial charge is 0.244 e. The van der Waals surface area contributed by atoms with Crippen molar-refractivity contribution < 1.29 is 13.2 Å². The molecule has 1 amide bonds. The quantitative estimate of drug-likeness (QED) is 0.736. The van der Waals surface area contributed by atoms with Crippen molar-refractivity contribution in [1.29, 1.82) is 0 Å². The number of para-hydroxylation sites is 1. The van der Waals surface area contributed by atoms with Gasteiger partial charge in [-0.2, -0.15) is 4.31 Å². The third-order valence-electron chi connectivity index (χ3n) is 4.22. The lowest BCUT2D eigenvalue weighted by molar-refractivity contribution is -0.113. The Morgan fingerprint density at radius 2 is 1.81 bits per heavy atom. The number of pyridine rings is 1. The van der Waals surface area contributed by atoms with Crippen LogP contribution >= 0.6 is 11.8 Å².